The minimum absolute atomic E-state index is 0.0951. The number of hydrogen-bond acceptors (Lipinski definition) is 4. The molecule has 0 aromatic heterocycles. The highest BCUT2D eigenvalue weighted by atomic mass is 32.2. The number of alkyl halides is 3. The summed E-state index contributed by atoms with van der Waals surface area (Å²) in [4.78, 5) is 14.5. The zero-order valence-electron chi connectivity index (χ0n) is 18.3. The van der Waals surface area contributed by atoms with Crippen molar-refractivity contribution >= 4 is 23.5 Å². The molecule has 1 saturated heterocycles. The second kappa shape index (κ2) is 10.3. The van der Waals surface area contributed by atoms with Crippen LogP contribution in [-0.4, -0.2) is 30.3 Å². The summed E-state index contributed by atoms with van der Waals surface area (Å²) < 4.78 is 50.4. The van der Waals surface area contributed by atoms with E-state index in [-0.39, 0.29) is 11.1 Å². The van der Waals surface area contributed by atoms with E-state index in [1.165, 1.54) is 12.1 Å². The summed E-state index contributed by atoms with van der Waals surface area (Å²) in [5.74, 6) is 1.83. The minimum atomic E-state index is -4.48. The number of urea groups is 1. The van der Waals surface area contributed by atoms with Crippen LogP contribution in [0.4, 0.5) is 23.7 Å². The molecule has 9 heteroatoms. The first-order chi connectivity index (χ1) is 16.3. The number of halogens is 3. The maximum absolute atomic E-state index is 13.0. The second-order valence-electron chi connectivity index (χ2n) is 7.61. The third-order valence-electron chi connectivity index (χ3n) is 5.30. The smallest absolute Gasteiger partial charge is 0.416 e. The van der Waals surface area contributed by atoms with E-state index >= 15 is 0 Å². The Kier molecular flexibility index (Phi) is 7.21. The third kappa shape index (κ3) is 5.59. The molecule has 0 bridgehead atoms. The van der Waals surface area contributed by atoms with Crippen LogP contribution in [0.1, 0.15) is 22.1 Å². The fourth-order valence-corrected chi connectivity index (χ4v) is 4.86. The second-order valence-corrected chi connectivity index (χ2v) is 8.80. The van der Waals surface area contributed by atoms with E-state index in [4.69, 9.17) is 9.47 Å². The van der Waals surface area contributed by atoms with Crippen LogP contribution in [0.3, 0.4) is 0 Å². The van der Waals surface area contributed by atoms with Crippen molar-refractivity contribution in [1.82, 2.24) is 4.90 Å². The predicted molar refractivity (Wildman–Crippen MR) is 126 cm³/mol. The number of ether oxygens (including phenoxy) is 2. The maximum atomic E-state index is 13.0. The van der Waals surface area contributed by atoms with Crippen molar-refractivity contribution < 1.29 is 27.4 Å². The summed E-state index contributed by atoms with van der Waals surface area (Å²) in [6.07, 6.45) is -4.48. The van der Waals surface area contributed by atoms with Crippen LogP contribution in [0.15, 0.2) is 72.8 Å². The average Bonchev–Trinajstić information content (AvgIpc) is 3.33. The SMILES string of the molecule is COc1cc(C2SCCN2C(=O)Nc2cccc(C(F)(F)F)c2)ccc1OCc1ccccc1. The number of carbonyl (C=O) groups excluding carboxylic acids is 1. The Hall–Kier alpha value is -3.33. The molecule has 0 saturated carbocycles. The molecular weight excluding hydrogens is 465 g/mol. The lowest BCUT2D eigenvalue weighted by Crippen LogP contribution is -2.34. The van der Waals surface area contributed by atoms with Gasteiger partial charge in [0.15, 0.2) is 11.5 Å². The third-order valence-corrected chi connectivity index (χ3v) is 6.56. The van der Waals surface area contributed by atoms with Crippen molar-refractivity contribution in [3.63, 3.8) is 0 Å². The van der Waals surface area contributed by atoms with Crippen molar-refractivity contribution in [3.05, 3.63) is 89.5 Å². The highest BCUT2D eigenvalue weighted by molar-refractivity contribution is 7.99. The number of amides is 2. The summed E-state index contributed by atoms with van der Waals surface area (Å²) in [7, 11) is 1.55. The minimum Gasteiger partial charge on any atom is -0.493 e. The molecule has 5 nitrogen and oxygen atoms in total. The molecule has 4 rings (SSSR count). The monoisotopic (exact) mass is 488 g/mol. The van der Waals surface area contributed by atoms with Gasteiger partial charge in [0.05, 0.1) is 12.7 Å². The van der Waals surface area contributed by atoms with Gasteiger partial charge in [-0.3, -0.25) is 0 Å². The van der Waals surface area contributed by atoms with Crippen LogP contribution >= 0.6 is 11.8 Å². The first kappa shape index (κ1) is 23.8. The molecule has 2 amide bonds. The van der Waals surface area contributed by atoms with Crippen LogP contribution in [0.5, 0.6) is 11.5 Å². The average molecular weight is 489 g/mol. The molecule has 3 aromatic carbocycles. The van der Waals surface area contributed by atoms with E-state index in [0.29, 0.717) is 30.4 Å². The van der Waals surface area contributed by atoms with E-state index in [0.717, 1.165) is 23.3 Å². The molecule has 0 radical (unpaired) electrons. The number of methoxy groups -OCH3 is 1. The number of carbonyl (C=O) groups is 1. The molecule has 34 heavy (non-hydrogen) atoms. The van der Waals surface area contributed by atoms with Gasteiger partial charge < -0.3 is 19.7 Å². The quantitative estimate of drug-likeness (QED) is 0.426. The van der Waals surface area contributed by atoms with Crippen LogP contribution in [0.25, 0.3) is 0 Å². The van der Waals surface area contributed by atoms with Crippen LogP contribution in [0, 0.1) is 0 Å². The number of hydrogen-bond donors (Lipinski definition) is 1. The Morgan fingerprint density at radius 3 is 2.59 bits per heavy atom. The fourth-order valence-electron chi connectivity index (χ4n) is 3.62. The molecule has 0 spiro atoms. The summed E-state index contributed by atoms with van der Waals surface area (Å²) in [5, 5.41) is 2.29. The van der Waals surface area contributed by atoms with Gasteiger partial charge in [-0.05, 0) is 41.5 Å². The molecule has 3 aromatic rings. The summed E-state index contributed by atoms with van der Waals surface area (Å²) in [6, 6.07) is 19.4. The van der Waals surface area contributed by atoms with Gasteiger partial charge in [-0.25, -0.2) is 4.79 Å². The van der Waals surface area contributed by atoms with Gasteiger partial charge in [0, 0.05) is 18.0 Å². The first-order valence-electron chi connectivity index (χ1n) is 10.6. The van der Waals surface area contributed by atoms with Crippen LogP contribution < -0.4 is 14.8 Å². The van der Waals surface area contributed by atoms with Crippen LogP contribution in [-0.2, 0) is 12.8 Å². The van der Waals surface area contributed by atoms with Crippen molar-refractivity contribution in [2.75, 3.05) is 24.7 Å². The lowest BCUT2D eigenvalue weighted by Gasteiger charge is -2.25. The molecule has 1 atom stereocenters. The predicted octanol–water partition coefficient (Wildman–Crippen LogP) is 6.57. The summed E-state index contributed by atoms with van der Waals surface area (Å²) in [5.41, 5.74) is 1.15. The van der Waals surface area contributed by atoms with Gasteiger partial charge in [0.1, 0.15) is 12.0 Å². The van der Waals surface area contributed by atoms with Crippen molar-refractivity contribution in [1.29, 1.82) is 0 Å². The lowest BCUT2D eigenvalue weighted by molar-refractivity contribution is -0.137. The molecule has 178 valence electrons. The van der Waals surface area contributed by atoms with Gasteiger partial charge in [-0.1, -0.05) is 42.5 Å². The van der Waals surface area contributed by atoms with Gasteiger partial charge >= 0.3 is 12.2 Å². The number of anilines is 1. The molecule has 1 aliphatic rings. The Bertz CT molecular complexity index is 1140. The van der Waals surface area contributed by atoms with Gasteiger partial charge in [-0.2, -0.15) is 13.2 Å². The van der Waals surface area contributed by atoms with Crippen LogP contribution in [0.2, 0.25) is 0 Å². The summed E-state index contributed by atoms with van der Waals surface area (Å²) in [6.45, 7) is 0.856. The zero-order chi connectivity index (χ0) is 24.1. The number of rotatable bonds is 6. The number of thioether (sulfide) groups is 1. The molecule has 1 heterocycles. The molecule has 1 unspecified atom stereocenters. The van der Waals surface area contributed by atoms with E-state index in [1.54, 1.807) is 29.8 Å². The Balaban J connectivity index is 1.47. The lowest BCUT2D eigenvalue weighted by atomic mass is 10.1. The first-order valence-corrected chi connectivity index (χ1v) is 11.6. The van der Waals surface area contributed by atoms with Crippen molar-refractivity contribution in [2.24, 2.45) is 0 Å². The van der Waals surface area contributed by atoms with Crippen molar-refractivity contribution in [3.8, 4) is 11.5 Å². The standard InChI is InChI=1S/C25H23F3N2O3S/c1-32-22-14-18(10-11-21(22)33-16-17-6-3-2-4-7-17)23-30(12-13-34-23)24(31)29-20-9-5-8-19(15-20)25(26,27)28/h2-11,14-15,23H,12-13,16H2,1H3,(H,29,31). The molecule has 1 fully saturated rings. The van der Waals surface area contributed by atoms with Gasteiger partial charge in [-0.15, -0.1) is 11.8 Å². The number of nitrogens with zero attached hydrogens (tertiary/aromatic N) is 1. The molecule has 1 aliphatic heterocycles. The fraction of sp³-hybridized carbons (Fsp3) is 0.240. The molecule has 0 aliphatic carbocycles. The van der Waals surface area contributed by atoms with E-state index in [9.17, 15) is 18.0 Å². The maximum Gasteiger partial charge on any atom is 0.416 e. The summed E-state index contributed by atoms with van der Waals surface area (Å²) >= 11 is 1.57. The largest absolute Gasteiger partial charge is 0.493 e. The highest BCUT2D eigenvalue weighted by Gasteiger charge is 2.33. The normalized spacial score (nSPS) is 15.8. The van der Waals surface area contributed by atoms with Gasteiger partial charge in [0.2, 0.25) is 0 Å². The van der Waals surface area contributed by atoms with Crippen molar-refractivity contribution in [2.45, 2.75) is 18.2 Å². The Morgan fingerprint density at radius 1 is 1.06 bits per heavy atom. The highest BCUT2D eigenvalue weighted by Crippen LogP contribution is 2.41. The molecular formula is C25H23F3N2O3S. The molecule has 1 N–H and O–H groups in total. The number of benzene rings is 3. The van der Waals surface area contributed by atoms with E-state index in [2.05, 4.69) is 5.32 Å². The Morgan fingerprint density at radius 2 is 1.85 bits per heavy atom. The Labute approximate surface area is 199 Å². The van der Waals surface area contributed by atoms with Gasteiger partial charge in [0.25, 0.3) is 0 Å². The van der Waals surface area contributed by atoms with E-state index < -0.39 is 17.8 Å². The zero-order valence-corrected chi connectivity index (χ0v) is 19.2. The number of nitrogens with one attached hydrogen (secondary N) is 1. The van der Waals surface area contributed by atoms with E-state index in [1.807, 2.05) is 42.5 Å². The topological polar surface area (TPSA) is 50.8 Å².